The molecule has 2 N–H and O–H groups in total. The van der Waals surface area contributed by atoms with Crippen LogP contribution in [0.25, 0.3) is 0 Å². The van der Waals surface area contributed by atoms with Gasteiger partial charge in [-0.3, -0.25) is 15.0 Å². The number of nitro benzene ring substituents is 1. The predicted molar refractivity (Wildman–Crippen MR) is 86.9 cm³/mol. The van der Waals surface area contributed by atoms with Gasteiger partial charge in [-0.05, 0) is 19.4 Å². The second-order valence-corrected chi connectivity index (χ2v) is 5.23. The van der Waals surface area contributed by atoms with Crippen LogP contribution in [0.3, 0.4) is 0 Å². The van der Waals surface area contributed by atoms with Crippen LogP contribution < -0.4 is 5.73 Å². The van der Waals surface area contributed by atoms with Gasteiger partial charge in [0.1, 0.15) is 0 Å². The van der Waals surface area contributed by atoms with Gasteiger partial charge in [-0.2, -0.15) is 4.98 Å². The van der Waals surface area contributed by atoms with Crippen LogP contribution in [0.4, 0.5) is 5.69 Å². The van der Waals surface area contributed by atoms with Crippen LogP contribution in [0, 0.1) is 10.1 Å². The van der Waals surface area contributed by atoms with E-state index >= 15 is 0 Å². The number of non-ortho nitro benzene ring substituents is 1. The zero-order valence-electron chi connectivity index (χ0n) is 13.0. The first-order valence-electron chi connectivity index (χ1n) is 6.98. The maximum Gasteiger partial charge on any atom is 0.269 e. The molecular weight excluding hydrogens is 322 g/mol. The smallest absolute Gasteiger partial charge is 0.269 e. The first kappa shape index (κ1) is 19.0. The molecule has 0 bridgehead atoms. The van der Waals surface area contributed by atoms with Gasteiger partial charge in [0.25, 0.3) is 5.69 Å². The van der Waals surface area contributed by atoms with Gasteiger partial charge in [-0.25, -0.2) is 0 Å². The van der Waals surface area contributed by atoms with E-state index in [-0.39, 0.29) is 30.7 Å². The molecule has 23 heavy (non-hydrogen) atoms. The van der Waals surface area contributed by atoms with E-state index in [0.717, 1.165) is 5.56 Å². The highest BCUT2D eigenvalue weighted by Crippen LogP contribution is 2.16. The first-order chi connectivity index (χ1) is 10.5. The van der Waals surface area contributed by atoms with Crippen LogP contribution in [0.15, 0.2) is 28.8 Å². The van der Waals surface area contributed by atoms with E-state index in [4.69, 9.17) is 10.3 Å². The van der Waals surface area contributed by atoms with Crippen molar-refractivity contribution in [3.05, 3.63) is 51.7 Å². The van der Waals surface area contributed by atoms with Crippen LogP contribution in [-0.4, -0.2) is 26.0 Å². The predicted octanol–water partition coefficient (Wildman–Crippen LogP) is 2.27. The van der Waals surface area contributed by atoms with Gasteiger partial charge in [-0.1, -0.05) is 17.3 Å². The molecule has 0 fully saturated rings. The normalized spacial score (nSPS) is 10.8. The lowest BCUT2D eigenvalue weighted by Crippen LogP contribution is -2.30. The molecule has 0 unspecified atom stereocenters. The minimum Gasteiger partial charge on any atom is -0.338 e. The molecule has 2 rings (SSSR count). The average Bonchev–Trinajstić information content (AvgIpc) is 2.94. The summed E-state index contributed by atoms with van der Waals surface area (Å²) in [5.74, 6) is 0.991. The summed E-state index contributed by atoms with van der Waals surface area (Å²) in [5.41, 5.74) is 6.53. The summed E-state index contributed by atoms with van der Waals surface area (Å²) in [6, 6.07) is 6.79. The Bertz CT molecular complexity index is 630. The molecule has 0 radical (unpaired) electrons. The topological polar surface area (TPSA) is 111 Å². The Morgan fingerprint density at radius 2 is 1.96 bits per heavy atom. The molecule has 0 atom stereocenters. The van der Waals surface area contributed by atoms with Gasteiger partial charge in [0, 0.05) is 24.7 Å². The molecule has 1 heterocycles. The summed E-state index contributed by atoms with van der Waals surface area (Å²) in [7, 11) is 0. The summed E-state index contributed by atoms with van der Waals surface area (Å²) in [6.45, 7) is 5.52. The highest BCUT2D eigenvalue weighted by atomic mass is 35.5. The van der Waals surface area contributed by atoms with Gasteiger partial charge in [0.05, 0.1) is 18.0 Å². The molecule has 0 spiro atoms. The van der Waals surface area contributed by atoms with Gasteiger partial charge < -0.3 is 10.3 Å². The lowest BCUT2D eigenvalue weighted by molar-refractivity contribution is -0.384. The molecule has 0 aliphatic carbocycles. The Balaban J connectivity index is 0.00000264. The number of halogens is 1. The molecular formula is C14H20ClN5O3. The highest BCUT2D eigenvalue weighted by Gasteiger charge is 2.15. The summed E-state index contributed by atoms with van der Waals surface area (Å²) >= 11 is 0. The fraction of sp³-hybridized carbons (Fsp3) is 0.429. The van der Waals surface area contributed by atoms with Crippen molar-refractivity contribution < 1.29 is 9.45 Å². The number of nitrogens with zero attached hydrogens (tertiary/aromatic N) is 4. The van der Waals surface area contributed by atoms with Crippen LogP contribution in [0.1, 0.15) is 31.1 Å². The summed E-state index contributed by atoms with van der Waals surface area (Å²) in [5, 5.41) is 14.6. The largest absolute Gasteiger partial charge is 0.338 e. The second-order valence-electron chi connectivity index (χ2n) is 5.23. The molecule has 126 valence electrons. The zero-order chi connectivity index (χ0) is 16.1. The maximum absolute atomic E-state index is 10.7. The van der Waals surface area contributed by atoms with Crippen molar-refractivity contribution in [1.29, 1.82) is 0 Å². The van der Waals surface area contributed by atoms with Gasteiger partial charge >= 0.3 is 0 Å². The second kappa shape index (κ2) is 8.56. The summed E-state index contributed by atoms with van der Waals surface area (Å²) < 4.78 is 5.00. The van der Waals surface area contributed by atoms with E-state index in [1.807, 2.05) is 0 Å². The Morgan fingerprint density at radius 3 is 2.43 bits per heavy atom. The van der Waals surface area contributed by atoms with E-state index in [1.54, 1.807) is 12.1 Å². The van der Waals surface area contributed by atoms with E-state index < -0.39 is 4.92 Å². The molecule has 2 aromatic rings. The Labute approximate surface area is 140 Å². The third-order valence-corrected chi connectivity index (χ3v) is 3.29. The summed E-state index contributed by atoms with van der Waals surface area (Å²) in [6.07, 6.45) is 0. The fourth-order valence-corrected chi connectivity index (χ4v) is 2.00. The Hall–Kier alpha value is -2.03. The molecule has 9 heteroatoms. The first-order valence-corrected chi connectivity index (χ1v) is 6.98. The van der Waals surface area contributed by atoms with Crippen molar-refractivity contribution >= 4 is 18.1 Å². The molecule has 0 aliphatic rings. The number of rotatable bonds is 7. The Kier molecular flexibility index (Phi) is 7.08. The zero-order valence-corrected chi connectivity index (χ0v) is 13.8. The highest BCUT2D eigenvalue weighted by molar-refractivity contribution is 5.85. The fourth-order valence-electron chi connectivity index (χ4n) is 2.00. The van der Waals surface area contributed by atoms with E-state index in [0.29, 0.717) is 24.8 Å². The van der Waals surface area contributed by atoms with Crippen LogP contribution in [-0.2, 0) is 19.6 Å². The number of hydrogen-bond acceptors (Lipinski definition) is 7. The van der Waals surface area contributed by atoms with Crippen molar-refractivity contribution in [2.24, 2.45) is 5.73 Å². The number of hydrogen-bond donors (Lipinski definition) is 1. The standard InChI is InChI=1S/C14H19N5O3.ClH/c1-10(2)18(9-13-16-14(7-15)22-17-13)8-11-3-5-12(6-4-11)19(20)21;/h3-6,10H,7-9,15H2,1-2H3;1H. The molecule has 0 aliphatic heterocycles. The minimum atomic E-state index is -0.405. The number of nitro groups is 1. The van der Waals surface area contributed by atoms with Gasteiger partial charge in [0.15, 0.2) is 5.82 Å². The quantitative estimate of drug-likeness (QED) is 0.607. The molecule has 8 nitrogen and oxygen atoms in total. The molecule has 1 aromatic heterocycles. The lowest BCUT2D eigenvalue weighted by Gasteiger charge is -2.24. The lowest BCUT2D eigenvalue weighted by atomic mass is 10.1. The van der Waals surface area contributed by atoms with Crippen molar-refractivity contribution in [2.75, 3.05) is 0 Å². The molecule has 0 saturated carbocycles. The monoisotopic (exact) mass is 341 g/mol. The number of aromatic nitrogens is 2. The van der Waals surface area contributed by atoms with E-state index in [1.165, 1.54) is 12.1 Å². The maximum atomic E-state index is 10.7. The van der Waals surface area contributed by atoms with Gasteiger partial charge in [-0.15, -0.1) is 12.4 Å². The van der Waals surface area contributed by atoms with Crippen LogP contribution in [0.5, 0.6) is 0 Å². The van der Waals surface area contributed by atoms with E-state index in [9.17, 15) is 10.1 Å². The summed E-state index contributed by atoms with van der Waals surface area (Å²) in [4.78, 5) is 16.6. The van der Waals surface area contributed by atoms with E-state index in [2.05, 4.69) is 28.9 Å². The van der Waals surface area contributed by atoms with Crippen molar-refractivity contribution in [2.45, 2.75) is 39.5 Å². The van der Waals surface area contributed by atoms with Crippen LogP contribution >= 0.6 is 12.4 Å². The van der Waals surface area contributed by atoms with Crippen LogP contribution in [0.2, 0.25) is 0 Å². The average molecular weight is 342 g/mol. The molecule has 1 aromatic carbocycles. The van der Waals surface area contributed by atoms with Crippen molar-refractivity contribution in [3.8, 4) is 0 Å². The van der Waals surface area contributed by atoms with Crippen molar-refractivity contribution in [3.63, 3.8) is 0 Å². The third kappa shape index (κ3) is 5.27. The minimum absolute atomic E-state index is 0. The third-order valence-electron chi connectivity index (χ3n) is 3.29. The van der Waals surface area contributed by atoms with Gasteiger partial charge in [0.2, 0.25) is 5.89 Å². The number of benzene rings is 1. The number of nitrogens with two attached hydrogens (primary N) is 1. The van der Waals surface area contributed by atoms with Crippen molar-refractivity contribution in [1.82, 2.24) is 15.0 Å². The SMILES string of the molecule is CC(C)N(Cc1ccc([N+](=O)[O-])cc1)Cc1noc(CN)n1.Cl. The molecule has 0 amide bonds. The molecule has 0 saturated heterocycles. The Morgan fingerprint density at radius 1 is 1.30 bits per heavy atom.